The molecule has 0 bridgehead atoms. The van der Waals surface area contributed by atoms with E-state index in [-0.39, 0.29) is 5.97 Å². The third kappa shape index (κ3) is 2.60. The molecule has 80 valence electrons. The number of allylic oxidation sites excluding steroid dienone is 1. The van der Waals surface area contributed by atoms with Crippen molar-refractivity contribution < 1.29 is 9.53 Å². The molecular formula is C12H20O2. The zero-order chi connectivity index (χ0) is 10.7. The maximum atomic E-state index is 10.7. The second-order valence-electron chi connectivity index (χ2n) is 4.45. The van der Waals surface area contributed by atoms with Crippen LogP contribution in [0.4, 0.5) is 0 Å². The lowest BCUT2D eigenvalue weighted by Gasteiger charge is -2.17. The molecule has 1 rings (SSSR count). The lowest BCUT2D eigenvalue weighted by Crippen LogP contribution is -2.16. The summed E-state index contributed by atoms with van der Waals surface area (Å²) in [6.45, 7) is 8.57. The standard InChI is InChI=1S/C12H20O2/c1-8(2)11-6-5-9(3)12(11)7-14-10(4)13/h9,12H,5-7H2,1-4H3/t9-,12-/m0/s1. The Hall–Kier alpha value is -0.790. The summed E-state index contributed by atoms with van der Waals surface area (Å²) in [7, 11) is 0. The van der Waals surface area contributed by atoms with Gasteiger partial charge in [-0.2, -0.15) is 0 Å². The molecule has 0 aromatic heterocycles. The Labute approximate surface area is 86.3 Å². The molecule has 2 atom stereocenters. The van der Waals surface area contributed by atoms with Gasteiger partial charge in [0.1, 0.15) is 0 Å². The van der Waals surface area contributed by atoms with Crippen molar-refractivity contribution in [1.82, 2.24) is 0 Å². The molecule has 1 aliphatic rings. The minimum Gasteiger partial charge on any atom is -0.465 e. The van der Waals surface area contributed by atoms with E-state index in [1.807, 2.05) is 0 Å². The summed E-state index contributed by atoms with van der Waals surface area (Å²) in [6, 6.07) is 0. The largest absolute Gasteiger partial charge is 0.465 e. The third-order valence-corrected chi connectivity index (χ3v) is 3.11. The van der Waals surface area contributed by atoms with Crippen LogP contribution in [0.5, 0.6) is 0 Å². The van der Waals surface area contributed by atoms with Crippen molar-refractivity contribution in [3.05, 3.63) is 11.1 Å². The molecule has 0 aliphatic heterocycles. The van der Waals surface area contributed by atoms with Gasteiger partial charge in [-0.3, -0.25) is 4.79 Å². The first-order valence-corrected chi connectivity index (χ1v) is 5.32. The van der Waals surface area contributed by atoms with Crippen LogP contribution >= 0.6 is 0 Å². The smallest absolute Gasteiger partial charge is 0.302 e. The van der Waals surface area contributed by atoms with Gasteiger partial charge in [-0.15, -0.1) is 0 Å². The van der Waals surface area contributed by atoms with Crippen LogP contribution in [0.1, 0.15) is 40.5 Å². The highest BCUT2D eigenvalue weighted by molar-refractivity contribution is 5.65. The molecule has 0 heterocycles. The highest BCUT2D eigenvalue weighted by atomic mass is 16.5. The Morgan fingerprint density at radius 2 is 2.07 bits per heavy atom. The van der Waals surface area contributed by atoms with E-state index in [4.69, 9.17) is 4.74 Å². The first kappa shape index (κ1) is 11.3. The molecule has 1 saturated carbocycles. The summed E-state index contributed by atoms with van der Waals surface area (Å²) in [4.78, 5) is 10.7. The van der Waals surface area contributed by atoms with Gasteiger partial charge in [0.2, 0.25) is 0 Å². The molecule has 0 amide bonds. The lowest BCUT2D eigenvalue weighted by atomic mass is 9.93. The molecule has 1 aliphatic carbocycles. The zero-order valence-corrected chi connectivity index (χ0v) is 9.59. The lowest BCUT2D eigenvalue weighted by molar-refractivity contribution is -0.142. The Bertz CT molecular complexity index is 249. The molecule has 2 nitrogen and oxygen atoms in total. The molecule has 14 heavy (non-hydrogen) atoms. The fourth-order valence-corrected chi connectivity index (χ4v) is 2.21. The van der Waals surface area contributed by atoms with E-state index >= 15 is 0 Å². The number of carbonyl (C=O) groups excluding carboxylic acids is 1. The Morgan fingerprint density at radius 1 is 1.43 bits per heavy atom. The van der Waals surface area contributed by atoms with Crippen LogP contribution in [-0.2, 0) is 9.53 Å². The number of carbonyl (C=O) groups is 1. The van der Waals surface area contributed by atoms with Crippen LogP contribution in [0.2, 0.25) is 0 Å². The molecule has 0 aromatic carbocycles. The van der Waals surface area contributed by atoms with Crippen LogP contribution in [-0.4, -0.2) is 12.6 Å². The van der Waals surface area contributed by atoms with Crippen molar-refractivity contribution in [1.29, 1.82) is 0 Å². The van der Waals surface area contributed by atoms with E-state index in [9.17, 15) is 4.79 Å². The predicted octanol–water partition coefficient (Wildman–Crippen LogP) is 2.93. The van der Waals surface area contributed by atoms with Crippen LogP contribution in [0.15, 0.2) is 11.1 Å². The van der Waals surface area contributed by atoms with Gasteiger partial charge in [0, 0.05) is 12.8 Å². The number of hydrogen-bond acceptors (Lipinski definition) is 2. The predicted molar refractivity (Wildman–Crippen MR) is 56.9 cm³/mol. The van der Waals surface area contributed by atoms with E-state index < -0.39 is 0 Å². The van der Waals surface area contributed by atoms with Gasteiger partial charge >= 0.3 is 5.97 Å². The van der Waals surface area contributed by atoms with Crippen molar-refractivity contribution in [3.8, 4) is 0 Å². The summed E-state index contributed by atoms with van der Waals surface area (Å²) in [5.74, 6) is 0.945. The molecule has 0 spiro atoms. The van der Waals surface area contributed by atoms with Crippen molar-refractivity contribution in [2.45, 2.75) is 40.5 Å². The SMILES string of the molecule is CC(=O)OC[C@@H]1C(=C(C)C)CC[C@@H]1C. The monoisotopic (exact) mass is 196 g/mol. The number of esters is 1. The maximum absolute atomic E-state index is 10.7. The van der Waals surface area contributed by atoms with Gasteiger partial charge in [0.15, 0.2) is 0 Å². The van der Waals surface area contributed by atoms with Crippen LogP contribution < -0.4 is 0 Å². The zero-order valence-electron chi connectivity index (χ0n) is 9.59. The summed E-state index contributed by atoms with van der Waals surface area (Å²) >= 11 is 0. The number of rotatable bonds is 2. The third-order valence-electron chi connectivity index (χ3n) is 3.11. The van der Waals surface area contributed by atoms with E-state index in [0.717, 1.165) is 0 Å². The van der Waals surface area contributed by atoms with Gasteiger partial charge in [0.25, 0.3) is 0 Å². The Balaban J connectivity index is 2.63. The first-order valence-electron chi connectivity index (χ1n) is 5.32. The number of ether oxygens (including phenoxy) is 1. The van der Waals surface area contributed by atoms with E-state index in [1.54, 1.807) is 0 Å². The van der Waals surface area contributed by atoms with Crippen molar-refractivity contribution in [3.63, 3.8) is 0 Å². The van der Waals surface area contributed by atoms with Gasteiger partial charge in [-0.1, -0.05) is 18.1 Å². The Kier molecular flexibility index (Phi) is 3.73. The molecule has 0 unspecified atom stereocenters. The number of hydrogen-bond donors (Lipinski definition) is 0. The molecule has 2 heteroatoms. The molecule has 0 radical (unpaired) electrons. The van der Waals surface area contributed by atoms with E-state index in [2.05, 4.69) is 20.8 Å². The van der Waals surface area contributed by atoms with Crippen molar-refractivity contribution in [2.24, 2.45) is 11.8 Å². The molecule has 0 aromatic rings. The van der Waals surface area contributed by atoms with Crippen LogP contribution in [0, 0.1) is 11.8 Å². The van der Waals surface area contributed by atoms with Gasteiger partial charge in [-0.05, 0) is 32.6 Å². The maximum Gasteiger partial charge on any atom is 0.302 e. The fourth-order valence-electron chi connectivity index (χ4n) is 2.21. The van der Waals surface area contributed by atoms with Crippen molar-refractivity contribution in [2.75, 3.05) is 6.61 Å². The minimum atomic E-state index is -0.169. The topological polar surface area (TPSA) is 26.3 Å². The quantitative estimate of drug-likeness (QED) is 0.501. The van der Waals surface area contributed by atoms with Gasteiger partial charge in [0.05, 0.1) is 6.61 Å². The highest BCUT2D eigenvalue weighted by Crippen LogP contribution is 2.38. The second kappa shape index (κ2) is 4.63. The normalized spacial score (nSPS) is 26.4. The average Bonchev–Trinajstić information content (AvgIpc) is 2.43. The summed E-state index contributed by atoms with van der Waals surface area (Å²) in [5, 5.41) is 0. The highest BCUT2D eigenvalue weighted by Gasteiger charge is 2.29. The summed E-state index contributed by atoms with van der Waals surface area (Å²) in [6.07, 6.45) is 2.40. The molecule has 1 fully saturated rings. The van der Waals surface area contributed by atoms with Crippen LogP contribution in [0.25, 0.3) is 0 Å². The van der Waals surface area contributed by atoms with Crippen LogP contribution in [0.3, 0.4) is 0 Å². The average molecular weight is 196 g/mol. The molecule has 0 N–H and O–H groups in total. The van der Waals surface area contributed by atoms with Crippen molar-refractivity contribution >= 4 is 5.97 Å². The van der Waals surface area contributed by atoms with Gasteiger partial charge < -0.3 is 4.74 Å². The fraction of sp³-hybridized carbons (Fsp3) is 0.750. The molecule has 0 saturated heterocycles. The first-order chi connectivity index (χ1) is 6.52. The Morgan fingerprint density at radius 3 is 2.57 bits per heavy atom. The molecular weight excluding hydrogens is 176 g/mol. The summed E-state index contributed by atoms with van der Waals surface area (Å²) in [5.41, 5.74) is 2.89. The van der Waals surface area contributed by atoms with E-state index in [1.165, 1.54) is 30.9 Å². The second-order valence-corrected chi connectivity index (χ2v) is 4.45. The van der Waals surface area contributed by atoms with Gasteiger partial charge in [-0.25, -0.2) is 0 Å². The van der Waals surface area contributed by atoms with E-state index in [0.29, 0.717) is 18.4 Å². The summed E-state index contributed by atoms with van der Waals surface area (Å²) < 4.78 is 5.10. The minimum absolute atomic E-state index is 0.169.